The lowest BCUT2D eigenvalue weighted by atomic mass is 9.78. The Balaban J connectivity index is 1.29. The van der Waals surface area contributed by atoms with Gasteiger partial charge in [0.15, 0.2) is 0 Å². The van der Waals surface area contributed by atoms with E-state index < -0.39 is 15.8 Å². The Morgan fingerprint density at radius 1 is 0.259 bits per heavy atom. The van der Waals surface area contributed by atoms with E-state index in [9.17, 15) is 10.1 Å². The quantitative estimate of drug-likeness (QED) is 0.0828. The number of fused-ring (bicyclic) bond motifs is 4. The van der Waals surface area contributed by atoms with Crippen LogP contribution in [0, 0.1) is 10.1 Å². The third-order valence-electron chi connectivity index (χ3n) is 23.3. The molecule has 0 radical (unpaired) electrons. The number of nitro groups is 1. The molecule has 0 atom stereocenters. The van der Waals surface area contributed by atoms with Gasteiger partial charge in [-0.15, -0.1) is 0 Å². The van der Waals surface area contributed by atoms with Gasteiger partial charge in [-0.05, 0) is 153 Å². The largest absolute Gasteiger partial charge is 0.393 e. The lowest BCUT2D eigenvalue weighted by Crippen LogP contribution is -2.16. The molecular formula is C100H102N14O2. The summed E-state index contributed by atoms with van der Waals surface area (Å²) in [5.74, 6) is 0. The average Bonchev–Trinajstić information content (AvgIpc) is 1.54. The van der Waals surface area contributed by atoms with E-state index in [1.54, 1.807) is 6.07 Å². The third kappa shape index (κ3) is 13.2. The van der Waals surface area contributed by atoms with Crippen LogP contribution in [0.25, 0.3) is 178 Å². The molecule has 16 heteroatoms. The summed E-state index contributed by atoms with van der Waals surface area (Å²) < 4.78 is 0. The standard InChI is InChI=1S/C100H102N14O2/c1-93(2,3)55-37-51(38-56(45-55)94(4,5)6)73-77-85-86(103-65-32-26-25-31-64(65)102-85)78(110-77)74(52-39-57(95(7,8)9)46-58(40-52)96(10,11)12)80-88-90(107-69-36-30-28-34-67(69)105-88)82(112-80)76(54-43-61(99(19,20)21)48-62(44-54)100(22,23)24)84-92-91(108-70-49-63(101)72(114(115)116)50-71(70)109-92)83(113-84)75(53-41-59(97(13,14)15)47-60(42-53)98(16,17)18)81-89-87(79(73)111-81)104-66-33-27-29-35-68(66)106-89/h25-50,110,113H,101H2,1-24H3. The number of nitrogens with one attached hydrogen (secondary N) is 2. The fourth-order valence-corrected chi connectivity index (χ4v) is 16.1. The maximum absolute atomic E-state index is 13.3. The van der Waals surface area contributed by atoms with Crippen molar-refractivity contribution in [2.24, 2.45) is 0 Å². The molecule has 6 aromatic heterocycles. The van der Waals surface area contributed by atoms with Gasteiger partial charge in [0.1, 0.15) is 73.3 Å². The monoisotopic (exact) mass is 1530 g/mol. The zero-order valence-corrected chi connectivity index (χ0v) is 71.3. The smallest absolute Gasteiger partial charge is 0.294 e. The minimum atomic E-state index is -0.463. The van der Waals surface area contributed by atoms with Crippen LogP contribution in [0.5, 0.6) is 0 Å². The molecule has 8 aromatic carbocycles. The first kappa shape index (κ1) is 76.6. The van der Waals surface area contributed by atoms with E-state index in [-0.39, 0.29) is 49.4 Å². The molecule has 116 heavy (non-hydrogen) atoms. The molecule has 0 amide bonds. The van der Waals surface area contributed by atoms with Crippen LogP contribution >= 0.6 is 0 Å². The Kier molecular flexibility index (Phi) is 17.2. The molecule has 8 bridgehead atoms. The molecule has 2 aliphatic heterocycles. The molecule has 17 rings (SSSR count). The van der Waals surface area contributed by atoms with Crippen molar-refractivity contribution in [3.63, 3.8) is 0 Å². The highest BCUT2D eigenvalue weighted by Gasteiger charge is 2.38. The number of hydrogen-bond acceptors (Lipinski definition) is 13. The van der Waals surface area contributed by atoms with Gasteiger partial charge in [-0.25, -0.2) is 49.8 Å². The molecule has 3 aliphatic rings. The van der Waals surface area contributed by atoms with Crippen LogP contribution in [-0.2, 0) is 43.3 Å². The summed E-state index contributed by atoms with van der Waals surface area (Å²) in [7, 11) is 0. The molecule has 584 valence electrons. The van der Waals surface area contributed by atoms with E-state index in [1.165, 1.54) is 6.07 Å². The first-order valence-electron chi connectivity index (χ1n) is 40.4. The predicted octanol–water partition coefficient (Wildman–Crippen LogP) is 25.6. The summed E-state index contributed by atoms with van der Waals surface area (Å²) in [6.45, 7) is 54.2. The van der Waals surface area contributed by atoms with E-state index in [2.05, 4.69) is 249 Å². The highest BCUT2D eigenvalue weighted by molar-refractivity contribution is 6.20. The molecule has 4 N–H and O–H groups in total. The number of nitrogens with two attached hydrogens (primary N) is 1. The van der Waals surface area contributed by atoms with E-state index in [1.807, 2.05) is 72.8 Å². The van der Waals surface area contributed by atoms with Crippen molar-refractivity contribution in [1.82, 2.24) is 59.8 Å². The highest BCUT2D eigenvalue weighted by Crippen LogP contribution is 2.54. The van der Waals surface area contributed by atoms with Gasteiger partial charge >= 0.3 is 0 Å². The molecule has 8 heterocycles. The molecular weight excluding hydrogens is 1430 g/mol. The van der Waals surface area contributed by atoms with Gasteiger partial charge < -0.3 is 15.7 Å². The minimum Gasteiger partial charge on any atom is -0.393 e. The lowest BCUT2D eigenvalue weighted by molar-refractivity contribution is -0.383. The Morgan fingerprint density at radius 3 is 0.664 bits per heavy atom. The first-order valence-corrected chi connectivity index (χ1v) is 40.4. The fourth-order valence-electron chi connectivity index (χ4n) is 16.1. The van der Waals surface area contributed by atoms with Gasteiger partial charge in [-0.3, -0.25) is 10.1 Å². The van der Waals surface area contributed by atoms with Crippen LogP contribution in [0.3, 0.4) is 0 Å². The normalized spacial score (nSPS) is 13.3. The number of aromatic amines is 2. The van der Waals surface area contributed by atoms with E-state index in [0.29, 0.717) is 151 Å². The van der Waals surface area contributed by atoms with Crippen LogP contribution < -0.4 is 5.73 Å². The molecule has 0 fully saturated rings. The second-order valence-electron chi connectivity index (χ2n) is 40.4. The number of hydrogen-bond donors (Lipinski definition) is 3. The first-order chi connectivity index (χ1) is 54.2. The second-order valence-corrected chi connectivity index (χ2v) is 40.4. The lowest BCUT2D eigenvalue weighted by Gasteiger charge is -2.26. The number of anilines is 1. The van der Waals surface area contributed by atoms with Crippen molar-refractivity contribution in [2.75, 3.05) is 5.73 Å². The summed E-state index contributed by atoms with van der Waals surface area (Å²) in [4.78, 5) is 81.1. The number of H-pyrrole nitrogens is 2. The maximum Gasteiger partial charge on any atom is 0.294 e. The van der Waals surface area contributed by atoms with Crippen LogP contribution in [0.15, 0.2) is 158 Å². The number of aromatic nitrogens is 12. The van der Waals surface area contributed by atoms with Gasteiger partial charge in [0.2, 0.25) is 0 Å². The summed E-state index contributed by atoms with van der Waals surface area (Å²) in [5.41, 5.74) is 31.3. The van der Waals surface area contributed by atoms with Gasteiger partial charge in [-0.2, -0.15) is 0 Å². The Labute approximate surface area is 678 Å². The van der Waals surface area contributed by atoms with E-state index in [0.717, 1.165) is 66.8 Å². The molecule has 14 aromatic rings. The molecule has 0 saturated heterocycles. The van der Waals surface area contributed by atoms with Crippen molar-refractivity contribution >= 4 is 99.6 Å². The average molecular weight is 1530 g/mol. The second kappa shape index (κ2) is 26.0. The summed E-state index contributed by atoms with van der Waals surface area (Å²) in [6, 6.07) is 55.0. The number of benzene rings is 8. The minimum absolute atomic E-state index is 0.0569. The fraction of sp³-hybridized carbons (Fsp3) is 0.320. The van der Waals surface area contributed by atoms with E-state index in [4.69, 9.17) is 55.6 Å². The van der Waals surface area contributed by atoms with Crippen molar-refractivity contribution in [3.05, 3.63) is 212 Å². The third-order valence-corrected chi connectivity index (χ3v) is 23.3. The topological polar surface area (TPSA) is 230 Å². The molecule has 16 nitrogen and oxygen atoms in total. The van der Waals surface area contributed by atoms with Crippen molar-refractivity contribution in [3.8, 4) is 90.1 Å². The zero-order valence-electron chi connectivity index (χ0n) is 71.3. The van der Waals surface area contributed by atoms with Crippen LogP contribution in [0.4, 0.5) is 11.4 Å². The Hall–Kier alpha value is -12.0. The van der Waals surface area contributed by atoms with Gasteiger partial charge in [0.25, 0.3) is 5.69 Å². The summed E-state index contributed by atoms with van der Waals surface area (Å²) in [6.07, 6.45) is 0. The number of nitro benzene ring substituents is 1. The van der Waals surface area contributed by atoms with Crippen molar-refractivity contribution < 1.29 is 4.92 Å². The number of para-hydroxylation sites is 6. The summed E-state index contributed by atoms with van der Waals surface area (Å²) in [5, 5.41) is 13.3. The van der Waals surface area contributed by atoms with Gasteiger partial charge in [0, 0.05) is 28.3 Å². The number of nitrogen functional groups attached to an aromatic ring is 1. The van der Waals surface area contributed by atoms with Crippen molar-refractivity contribution in [2.45, 2.75) is 209 Å². The predicted molar refractivity (Wildman–Crippen MR) is 480 cm³/mol. The zero-order chi connectivity index (χ0) is 82.7. The van der Waals surface area contributed by atoms with Crippen LogP contribution in [-0.4, -0.2) is 64.7 Å². The van der Waals surface area contributed by atoms with Crippen LogP contribution in [0.2, 0.25) is 0 Å². The molecule has 0 spiro atoms. The SMILES string of the molecule is CC(C)(C)c1cc(-c2c3nc(c(-c4cc(C(C)(C)C)cc(C(C)(C)C)c4)c4[nH]c(c(-c5cc(C(C)(C)C)cc(C(C)(C)C)c5)c5nc(c(-c6cc(C(C)(C)C)cc(C(C)(C)C)c6)c6[nH]c2c2nc7ccccc7nc62)-c2nc6ccccc6nc2-5)c2nc5cc([N+](=O)[O-])c(N)cc5nc42)-c2nc4ccccc4nc2-3)cc(C(C)(C)C)c1. The Bertz CT molecular complexity index is 6700. The van der Waals surface area contributed by atoms with Crippen LogP contribution in [0.1, 0.15) is 211 Å². The van der Waals surface area contributed by atoms with E-state index >= 15 is 0 Å². The van der Waals surface area contributed by atoms with Gasteiger partial charge in [0.05, 0.1) is 71.1 Å². The number of nitrogens with zero attached hydrogens (tertiary/aromatic N) is 11. The Morgan fingerprint density at radius 2 is 0.457 bits per heavy atom. The van der Waals surface area contributed by atoms with Crippen molar-refractivity contribution in [1.29, 1.82) is 0 Å². The number of rotatable bonds is 5. The summed E-state index contributed by atoms with van der Waals surface area (Å²) >= 11 is 0. The highest BCUT2D eigenvalue weighted by atomic mass is 16.6. The molecule has 1 aliphatic carbocycles. The maximum atomic E-state index is 13.3. The van der Waals surface area contributed by atoms with Gasteiger partial charge in [-0.1, -0.05) is 275 Å². The molecule has 0 saturated carbocycles. The molecule has 0 unspecified atom stereocenters.